The third kappa shape index (κ3) is 4.40. The molecule has 5 nitrogen and oxygen atoms in total. The summed E-state index contributed by atoms with van der Waals surface area (Å²) in [6, 6.07) is 5.05. The summed E-state index contributed by atoms with van der Waals surface area (Å²) in [6.07, 6.45) is 3.37. The highest BCUT2D eigenvalue weighted by atomic mass is 32.2. The molecule has 1 rings (SSSR count). The van der Waals surface area contributed by atoms with Gasteiger partial charge >= 0.3 is 0 Å². The highest BCUT2D eigenvalue weighted by molar-refractivity contribution is 7.89. The van der Waals surface area contributed by atoms with Crippen LogP contribution in [0.15, 0.2) is 23.1 Å². The molecule has 0 amide bonds. The van der Waals surface area contributed by atoms with Gasteiger partial charge < -0.3 is 11.1 Å². The highest BCUT2D eigenvalue weighted by Gasteiger charge is 2.13. The van der Waals surface area contributed by atoms with Crippen molar-refractivity contribution in [3.63, 3.8) is 0 Å². The Labute approximate surface area is 115 Å². The van der Waals surface area contributed by atoms with Crippen LogP contribution < -0.4 is 15.8 Å². The van der Waals surface area contributed by atoms with Gasteiger partial charge in [0.15, 0.2) is 0 Å². The second kappa shape index (κ2) is 6.77. The first-order valence-electron chi connectivity index (χ1n) is 6.50. The summed E-state index contributed by atoms with van der Waals surface area (Å²) >= 11 is 0. The quantitative estimate of drug-likeness (QED) is 0.670. The number of benzene rings is 1. The van der Waals surface area contributed by atoms with Gasteiger partial charge in [-0.2, -0.15) is 0 Å². The monoisotopic (exact) mass is 285 g/mol. The molecule has 19 heavy (non-hydrogen) atoms. The lowest BCUT2D eigenvalue weighted by Gasteiger charge is -2.17. The minimum atomic E-state index is -3.44. The van der Waals surface area contributed by atoms with Gasteiger partial charge in [-0.05, 0) is 38.6 Å². The SMILES string of the molecule is CCCCC(C)Nc1ccc(S(=O)(=O)NC)cc1N. The van der Waals surface area contributed by atoms with Crippen LogP contribution in [0.3, 0.4) is 0 Å². The Balaban J connectivity index is 2.84. The maximum absolute atomic E-state index is 11.6. The van der Waals surface area contributed by atoms with Gasteiger partial charge in [0.2, 0.25) is 10.0 Å². The van der Waals surface area contributed by atoms with E-state index in [0.717, 1.165) is 24.9 Å². The Morgan fingerprint density at radius 3 is 2.58 bits per heavy atom. The first-order valence-corrected chi connectivity index (χ1v) is 7.98. The second-order valence-corrected chi connectivity index (χ2v) is 6.53. The van der Waals surface area contributed by atoms with Crippen molar-refractivity contribution in [3.05, 3.63) is 18.2 Å². The summed E-state index contributed by atoms with van der Waals surface area (Å²) < 4.78 is 25.6. The van der Waals surface area contributed by atoms with Crippen molar-refractivity contribution in [1.82, 2.24) is 4.72 Å². The lowest BCUT2D eigenvalue weighted by molar-refractivity contribution is 0.588. The van der Waals surface area contributed by atoms with Crippen LogP contribution in [0.1, 0.15) is 33.1 Å². The van der Waals surface area contributed by atoms with Crippen molar-refractivity contribution >= 4 is 21.4 Å². The van der Waals surface area contributed by atoms with Crippen LogP contribution in [0.25, 0.3) is 0 Å². The third-order valence-electron chi connectivity index (χ3n) is 2.99. The number of unbranched alkanes of at least 4 members (excludes halogenated alkanes) is 1. The molecule has 0 heterocycles. The van der Waals surface area contributed by atoms with E-state index in [1.807, 2.05) is 0 Å². The third-order valence-corrected chi connectivity index (χ3v) is 4.41. The summed E-state index contributed by atoms with van der Waals surface area (Å²) in [4.78, 5) is 0.180. The summed E-state index contributed by atoms with van der Waals surface area (Å²) in [5.41, 5.74) is 7.12. The highest BCUT2D eigenvalue weighted by Crippen LogP contribution is 2.23. The van der Waals surface area contributed by atoms with Gasteiger partial charge in [-0.15, -0.1) is 0 Å². The van der Waals surface area contributed by atoms with E-state index in [2.05, 4.69) is 23.9 Å². The smallest absolute Gasteiger partial charge is 0.240 e. The van der Waals surface area contributed by atoms with E-state index in [0.29, 0.717) is 11.7 Å². The number of anilines is 2. The Hall–Kier alpha value is -1.27. The predicted octanol–water partition coefficient (Wildman–Crippen LogP) is 2.17. The Bertz CT molecular complexity index is 515. The van der Waals surface area contributed by atoms with Gasteiger partial charge in [0.1, 0.15) is 0 Å². The molecule has 4 N–H and O–H groups in total. The number of nitrogens with one attached hydrogen (secondary N) is 2. The molecule has 0 saturated carbocycles. The van der Waals surface area contributed by atoms with Crippen LogP contribution in [-0.4, -0.2) is 21.5 Å². The summed E-state index contributed by atoms with van der Waals surface area (Å²) in [5, 5.41) is 3.30. The molecular formula is C13H23N3O2S. The molecule has 1 aromatic rings. The lowest BCUT2D eigenvalue weighted by atomic mass is 10.1. The molecule has 1 aromatic carbocycles. The standard InChI is InChI=1S/C13H23N3O2S/c1-4-5-6-10(2)16-13-8-7-11(9-12(13)14)19(17,18)15-3/h7-10,15-16H,4-6,14H2,1-3H3. The van der Waals surface area contributed by atoms with Gasteiger partial charge in [0.05, 0.1) is 16.3 Å². The summed E-state index contributed by atoms with van der Waals surface area (Å²) in [6.45, 7) is 4.24. The molecule has 1 atom stereocenters. The average molecular weight is 285 g/mol. The molecule has 6 heteroatoms. The molecule has 108 valence electrons. The number of rotatable bonds is 7. The van der Waals surface area contributed by atoms with Gasteiger partial charge in [0, 0.05) is 6.04 Å². The first kappa shape index (κ1) is 15.8. The minimum absolute atomic E-state index is 0.180. The Morgan fingerprint density at radius 1 is 1.37 bits per heavy atom. The molecule has 0 bridgehead atoms. The van der Waals surface area contributed by atoms with E-state index < -0.39 is 10.0 Å². The molecule has 1 unspecified atom stereocenters. The number of nitrogen functional groups attached to an aromatic ring is 1. The number of hydrogen-bond acceptors (Lipinski definition) is 4. The largest absolute Gasteiger partial charge is 0.397 e. The number of sulfonamides is 1. The summed E-state index contributed by atoms with van der Waals surface area (Å²) in [5.74, 6) is 0. The maximum Gasteiger partial charge on any atom is 0.240 e. The molecule has 0 saturated heterocycles. The van der Waals surface area contributed by atoms with Crippen molar-refractivity contribution in [2.24, 2.45) is 0 Å². The van der Waals surface area contributed by atoms with E-state index in [1.165, 1.54) is 13.1 Å². The molecule has 0 aliphatic rings. The molecule has 0 aromatic heterocycles. The van der Waals surface area contributed by atoms with Crippen molar-refractivity contribution in [3.8, 4) is 0 Å². The van der Waals surface area contributed by atoms with E-state index in [1.54, 1.807) is 12.1 Å². The van der Waals surface area contributed by atoms with E-state index in [-0.39, 0.29) is 4.90 Å². The zero-order valence-corrected chi connectivity index (χ0v) is 12.5. The van der Waals surface area contributed by atoms with Crippen LogP contribution in [0.2, 0.25) is 0 Å². The fraction of sp³-hybridized carbons (Fsp3) is 0.538. The van der Waals surface area contributed by atoms with Crippen LogP contribution in [0, 0.1) is 0 Å². The van der Waals surface area contributed by atoms with Crippen LogP contribution in [0.4, 0.5) is 11.4 Å². The normalized spacial score (nSPS) is 13.2. The minimum Gasteiger partial charge on any atom is -0.397 e. The fourth-order valence-corrected chi connectivity index (χ4v) is 2.57. The van der Waals surface area contributed by atoms with Gasteiger partial charge in [-0.3, -0.25) is 0 Å². The maximum atomic E-state index is 11.6. The van der Waals surface area contributed by atoms with Gasteiger partial charge in [-0.25, -0.2) is 13.1 Å². The van der Waals surface area contributed by atoms with Gasteiger partial charge in [-0.1, -0.05) is 19.8 Å². The lowest BCUT2D eigenvalue weighted by Crippen LogP contribution is -2.19. The molecule has 0 spiro atoms. The number of nitrogens with two attached hydrogens (primary N) is 1. The molecule has 0 aliphatic carbocycles. The van der Waals surface area contributed by atoms with Crippen molar-refractivity contribution in [1.29, 1.82) is 0 Å². The Morgan fingerprint density at radius 2 is 2.05 bits per heavy atom. The summed E-state index contributed by atoms with van der Waals surface area (Å²) in [7, 11) is -2.06. The molecule has 0 radical (unpaired) electrons. The van der Waals surface area contributed by atoms with Crippen molar-refractivity contribution < 1.29 is 8.42 Å². The van der Waals surface area contributed by atoms with Crippen molar-refractivity contribution in [2.75, 3.05) is 18.1 Å². The van der Waals surface area contributed by atoms with E-state index in [4.69, 9.17) is 5.73 Å². The van der Waals surface area contributed by atoms with Gasteiger partial charge in [0.25, 0.3) is 0 Å². The molecular weight excluding hydrogens is 262 g/mol. The molecule has 0 aliphatic heterocycles. The van der Waals surface area contributed by atoms with Crippen LogP contribution >= 0.6 is 0 Å². The topological polar surface area (TPSA) is 84.2 Å². The first-order chi connectivity index (χ1) is 8.90. The second-order valence-electron chi connectivity index (χ2n) is 4.64. The van der Waals surface area contributed by atoms with Crippen LogP contribution in [-0.2, 0) is 10.0 Å². The predicted molar refractivity (Wildman–Crippen MR) is 79.7 cm³/mol. The fourth-order valence-electron chi connectivity index (χ4n) is 1.81. The average Bonchev–Trinajstić information content (AvgIpc) is 2.38. The van der Waals surface area contributed by atoms with E-state index >= 15 is 0 Å². The zero-order valence-electron chi connectivity index (χ0n) is 11.7. The molecule has 0 fully saturated rings. The van der Waals surface area contributed by atoms with Crippen molar-refractivity contribution in [2.45, 2.75) is 44.0 Å². The zero-order chi connectivity index (χ0) is 14.5. The van der Waals surface area contributed by atoms with E-state index in [9.17, 15) is 8.42 Å². The Kier molecular flexibility index (Phi) is 5.62. The van der Waals surface area contributed by atoms with Crippen LogP contribution in [0.5, 0.6) is 0 Å². The number of hydrogen-bond donors (Lipinski definition) is 3.